The number of thioether (sulfide) groups is 1. The molecule has 0 bridgehead atoms. The summed E-state index contributed by atoms with van der Waals surface area (Å²) in [5.74, 6) is 1.01. The Bertz CT molecular complexity index is 332. The van der Waals surface area contributed by atoms with Gasteiger partial charge in [0.15, 0.2) is 0 Å². The number of nitrogens with two attached hydrogens (primary N) is 1. The molecule has 0 spiro atoms. The lowest BCUT2D eigenvalue weighted by atomic mass is 10.2. The van der Waals surface area contributed by atoms with Gasteiger partial charge in [-0.2, -0.15) is 16.9 Å². The standard InChI is InChI=1S/C14H27N3S/c1-5-14(6-2)17-8-7-13(16-17)9-12(15)10-18-11(3)4/h7-8,11-12,14H,5-6,9-10,15H2,1-4H3. The second-order valence-electron chi connectivity index (χ2n) is 5.10. The minimum Gasteiger partial charge on any atom is -0.327 e. The van der Waals surface area contributed by atoms with Crippen LogP contribution in [-0.2, 0) is 6.42 Å². The Morgan fingerprint density at radius 3 is 2.56 bits per heavy atom. The van der Waals surface area contributed by atoms with Gasteiger partial charge in [0.05, 0.1) is 11.7 Å². The maximum absolute atomic E-state index is 6.13. The highest BCUT2D eigenvalue weighted by atomic mass is 32.2. The van der Waals surface area contributed by atoms with E-state index >= 15 is 0 Å². The van der Waals surface area contributed by atoms with Crippen LogP contribution in [0.3, 0.4) is 0 Å². The zero-order valence-electron chi connectivity index (χ0n) is 12.1. The molecule has 0 fully saturated rings. The second-order valence-corrected chi connectivity index (χ2v) is 6.71. The molecule has 0 aliphatic carbocycles. The van der Waals surface area contributed by atoms with Gasteiger partial charge in [-0.25, -0.2) is 0 Å². The normalized spacial score (nSPS) is 13.5. The molecule has 0 aliphatic rings. The molecule has 18 heavy (non-hydrogen) atoms. The summed E-state index contributed by atoms with van der Waals surface area (Å²) >= 11 is 1.92. The molecule has 4 heteroatoms. The van der Waals surface area contributed by atoms with Crippen LogP contribution >= 0.6 is 11.8 Å². The summed E-state index contributed by atoms with van der Waals surface area (Å²) in [6.07, 6.45) is 5.24. The van der Waals surface area contributed by atoms with E-state index in [0.29, 0.717) is 11.3 Å². The highest BCUT2D eigenvalue weighted by Gasteiger charge is 2.11. The molecule has 0 radical (unpaired) electrons. The number of nitrogens with zero attached hydrogens (tertiary/aromatic N) is 2. The Kier molecular flexibility index (Phi) is 6.79. The fraction of sp³-hybridized carbons (Fsp3) is 0.786. The van der Waals surface area contributed by atoms with E-state index in [1.165, 1.54) is 0 Å². The first kappa shape index (κ1) is 15.6. The summed E-state index contributed by atoms with van der Waals surface area (Å²) in [6, 6.07) is 2.85. The maximum Gasteiger partial charge on any atom is 0.0640 e. The number of rotatable bonds is 8. The molecule has 0 amide bonds. The van der Waals surface area contributed by atoms with Crippen molar-refractivity contribution in [1.82, 2.24) is 9.78 Å². The molecule has 1 unspecified atom stereocenters. The van der Waals surface area contributed by atoms with Crippen LogP contribution in [0, 0.1) is 0 Å². The Morgan fingerprint density at radius 2 is 2.00 bits per heavy atom. The lowest BCUT2D eigenvalue weighted by Gasteiger charge is -2.13. The molecule has 0 saturated heterocycles. The van der Waals surface area contributed by atoms with Gasteiger partial charge in [0.2, 0.25) is 0 Å². The van der Waals surface area contributed by atoms with Crippen LogP contribution < -0.4 is 5.73 Å². The smallest absolute Gasteiger partial charge is 0.0640 e. The van der Waals surface area contributed by atoms with Gasteiger partial charge in [-0.1, -0.05) is 27.7 Å². The fourth-order valence-electron chi connectivity index (χ4n) is 2.00. The lowest BCUT2D eigenvalue weighted by molar-refractivity contribution is 0.424. The summed E-state index contributed by atoms with van der Waals surface area (Å²) < 4.78 is 2.09. The van der Waals surface area contributed by atoms with Gasteiger partial charge in [0.1, 0.15) is 0 Å². The van der Waals surface area contributed by atoms with E-state index in [0.717, 1.165) is 30.7 Å². The maximum atomic E-state index is 6.13. The molecule has 0 saturated carbocycles. The largest absolute Gasteiger partial charge is 0.327 e. The van der Waals surface area contributed by atoms with E-state index in [1.54, 1.807) is 0 Å². The molecule has 1 aromatic heterocycles. The summed E-state index contributed by atoms with van der Waals surface area (Å²) in [5, 5.41) is 5.30. The average molecular weight is 269 g/mol. The number of hydrogen-bond acceptors (Lipinski definition) is 3. The van der Waals surface area contributed by atoms with Crippen LogP contribution in [0.25, 0.3) is 0 Å². The van der Waals surface area contributed by atoms with Crippen molar-refractivity contribution < 1.29 is 0 Å². The van der Waals surface area contributed by atoms with Crippen molar-refractivity contribution in [3.63, 3.8) is 0 Å². The van der Waals surface area contributed by atoms with Crippen molar-refractivity contribution in [2.45, 2.75) is 64.3 Å². The molecule has 104 valence electrons. The third-order valence-electron chi connectivity index (χ3n) is 3.10. The molecule has 1 aromatic rings. The zero-order chi connectivity index (χ0) is 13.5. The van der Waals surface area contributed by atoms with Gasteiger partial charge < -0.3 is 5.73 Å². The minimum atomic E-state index is 0.211. The van der Waals surface area contributed by atoms with Gasteiger partial charge in [-0.05, 0) is 24.2 Å². The van der Waals surface area contributed by atoms with E-state index < -0.39 is 0 Å². The van der Waals surface area contributed by atoms with E-state index in [2.05, 4.69) is 49.7 Å². The molecule has 1 atom stereocenters. The summed E-state index contributed by atoms with van der Waals surface area (Å²) in [4.78, 5) is 0. The van der Waals surface area contributed by atoms with Crippen molar-refractivity contribution in [3.05, 3.63) is 18.0 Å². The predicted octanol–water partition coefficient (Wildman–Crippen LogP) is 3.26. The first-order valence-corrected chi connectivity index (χ1v) is 8.02. The van der Waals surface area contributed by atoms with Crippen LogP contribution in [0.5, 0.6) is 0 Å². The Labute approximate surface area is 116 Å². The van der Waals surface area contributed by atoms with Gasteiger partial charge in [0, 0.05) is 24.4 Å². The summed E-state index contributed by atoms with van der Waals surface area (Å²) in [6.45, 7) is 8.83. The molecular weight excluding hydrogens is 242 g/mol. The quantitative estimate of drug-likeness (QED) is 0.788. The number of aromatic nitrogens is 2. The van der Waals surface area contributed by atoms with Gasteiger partial charge in [-0.3, -0.25) is 4.68 Å². The topological polar surface area (TPSA) is 43.8 Å². The number of hydrogen-bond donors (Lipinski definition) is 1. The second kappa shape index (κ2) is 7.85. The predicted molar refractivity (Wildman–Crippen MR) is 81.1 cm³/mol. The Hall–Kier alpha value is -0.480. The molecule has 0 aromatic carbocycles. The van der Waals surface area contributed by atoms with E-state index in [4.69, 9.17) is 5.73 Å². The SMILES string of the molecule is CCC(CC)n1ccc(CC(N)CSC(C)C)n1. The molecular formula is C14H27N3S. The van der Waals surface area contributed by atoms with Crippen molar-refractivity contribution in [3.8, 4) is 0 Å². The molecule has 3 nitrogen and oxygen atoms in total. The molecule has 0 aliphatic heterocycles. The Balaban J connectivity index is 2.48. The van der Waals surface area contributed by atoms with Crippen LogP contribution in [0.15, 0.2) is 12.3 Å². The van der Waals surface area contributed by atoms with Crippen molar-refractivity contribution in [2.24, 2.45) is 5.73 Å². The van der Waals surface area contributed by atoms with Crippen molar-refractivity contribution >= 4 is 11.8 Å². The highest BCUT2D eigenvalue weighted by molar-refractivity contribution is 7.99. The van der Waals surface area contributed by atoms with Crippen LogP contribution in [0.2, 0.25) is 0 Å². The average Bonchev–Trinajstić information content (AvgIpc) is 2.76. The monoisotopic (exact) mass is 269 g/mol. The third-order valence-corrected chi connectivity index (χ3v) is 4.38. The first-order valence-electron chi connectivity index (χ1n) is 6.98. The third kappa shape index (κ3) is 5.02. The van der Waals surface area contributed by atoms with Crippen molar-refractivity contribution in [1.29, 1.82) is 0 Å². The zero-order valence-corrected chi connectivity index (χ0v) is 12.9. The highest BCUT2D eigenvalue weighted by Crippen LogP contribution is 2.16. The molecule has 1 heterocycles. The summed E-state index contributed by atoms with van der Waals surface area (Å²) in [7, 11) is 0. The molecule has 2 N–H and O–H groups in total. The summed E-state index contributed by atoms with van der Waals surface area (Å²) in [5.41, 5.74) is 7.26. The van der Waals surface area contributed by atoms with Gasteiger partial charge >= 0.3 is 0 Å². The van der Waals surface area contributed by atoms with Crippen LogP contribution in [0.4, 0.5) is 0 Å². The minimum absolute atomic E-state index is 0.211. The molecule has 1 rings (SSSR count). The van der Waals surface area contributed by atoms with E-state index in [1.807, 2.05) is 11.8 Å². The van der Waals surface area contributed by atoms with Crippen LogP contribution in [-0.4, -0.2) is 26.8 Å². The van der Waals surface area contributed by atoms with Crippen molar-refractivity contribution in [2.75, 3.05) is 5.75 Å². The van der Waals surface area contributed by atoms with E-state index in [9.17, 15) is 0 Å². The lowest BCUT2D eigenvalue weighted by Crippen LogP contribution is -2.26. The first-order chi connectivity index (χ1) is 8.56. The van der Waals surface area contributed by atoms with Gasteiger partial charge in [0.25, 0.3) is 0 Å². The van der Waals surface area contributed by atoms with Gasteiger partial charge in [-0.15, -0.1) is 0 Å². The van der Waals surface area contributed by atoms with Crippen LogP contribution in [0.1, 0.15) is 52.3 Å². The fourth-order valence-corrected chi connectivity index (χ4v) is 2.75. The van der Waals surface area contributed by atoms with E-state index in [-0.39, 0.29) is 6.04 Å². The Morgan fingerprint density at radius 1 is 1.33 bits per heavy atom.